The number of hydrogen-bond acceptors (Lipinski definition) is 5. The lowest BCUT2D eigenvalue weighted by molar-refractivity contribution is -0.142. The SMILES string of the molecule is O=C(N[C@H](C(=O)O)[C@@H](O)c1cncc(Br)c1)OCc1ccccc1. The standard InChI is InChI=1S/C16H15BrN2O5/c17-12-6-11(7-18-8-12)14(20)13(15(21)22)19-16(23)24-9-10-4-2-1-3-5-10/h1-8,13-14,20H,9H2,(H,19,23)(H,21,22)/t13-,14-/m0/s1. The molecule has 7 nitrogen and oxygen atoms in total. The fourth-order valence-electron chi connectivity index (χ4n) is 1.95. The maximum absolute atomic E-state index is 11.8. The number of aliphatic hydroxyl groups excluding tert-OH is 1. The van der Waals surface area contributed by atoms with Crippen LogP contribution in [0, 0.1) is 0 Å². The number of alkyl carbamates (subject to hydrolysis) is 1. The van der Waals surface area contributed by atoms with Gasteiger partial charge in [0, 0.05) is 22.4 Å². The summed E-state index contributed by atoms with van der Waals surface area (Å²) < 4.78 is 5.55. The zero-order valence-electron chi connectivity index (χ0n) is 12.4. The Morgan fingerprint density at radius 3 is 2.58 bits per heavy atom. The second kappa shape index (κ2) is 8.42. The number of carboxylic acid groups (broad SMARTS) is 1. The highest BCUT2D eigenvalue weighted by atomic mass is 79.9. The van der Waals surface area contributed by atoms with Crippen LogP contribution in [0.25, 0.3) is 0 Å². The van der Waals surface area contributed by atoms with Crippen LogP contribution in [0.1, 0.15) is 17.2 Å². The number of pyridine rings is 1. The molecule has 0 saturated heterocycles. The van der Waals surface area contributed by atoms with Crippen LogP contribution in [0.2, 0.25) is 0 Å². The van der Waals surface area contributed by atoms with Gasteiger partial charge in [-0.3, -0.25) is 4.98 Å². The molecule has 0 radical (unpaired) electrons. The van der Waals surface area contributed by atoms with Crippen molar-refractivity contribution in [2.24, 2.45) is 0 Å². The van der Waals surface area contributed by atoms with Crippen LogP contribution in [0.15, 0.2) is 53.3 Å². The van der Waals surface area contributed by atoms with E-state index in [9.17, 15) is 19.8 Å². The number of hydrogen-bond donors (Lipinski definition) is 3. The second-order valence-electron chi connectivity index (χ2n) is 4.90. The van der Waals surface area contributed by atoms with Gasteiger partial charge >= 0.3 is 12.1 Å². The Balaban J connectivity index is 2.00. The highest BCUT2D eigenvalue weighted by Crippen LogP contribution is 2.20. The number of halogens is 1. The van der Waals surface area contributed by atoms with Crippen molar-refractivity contribution in [3.63, 3.8) is 0 Å². The normalized spacial score (nSPS) is 12.9. The van der Waals surface area contributed by atoms with Crippen LogP contribution >= 0.6 is 15.9 Å². The number of aliphatic hydroxyl groups is 1. The first-order chi connectivity index (χ1) is 11.5. The van der Waals surface area contributed by atoms with E-state index in [-0.39, 0.29) is 12.2 Å². The van der Waals surface area contributed by atoms with Crippen LogP contribution in [0.4, 0.5) is 4.79 Å². The van der Waals surface area contributed by atoms with Crippen LogP contribution in [0.5, 0.6) is 0 Å². The van der Waals surface area contributed by atoms with Gasteiger partial charge in [0.25, 0.3) is 0 Å². The van der Waals surface area contributed by atoms with E-state index in [1.165, 1.54) is 18.5 Å². The predicted molar refractivity (Wildman–Crippen MR) is 88.1 cm³/mol. The molecule has 126 valence electrons. The molecule has 2 rings (SSSR count). The van der Waals surface area contributed by atoms with E-state index in [0.29, 0.717) is 4.47 Å². The number of carboxylic acids is 1. The zero-order chi connectivity index (χ0) is 17.5. The van der Waals surface area contributed by atoms with Crippen molar-refractivity contribution in [1.29, 1.82) is 0 Å². The first-order valence-corrected chi connectivity index (χ1v) is 7.75. The summed E-state index contributed by atoms with van der Waals surface area (Å²) >= 11 is 3.19. The summed E-state index contributed by atoms with van der Waals surface area (Å²) in [5, 5.41) is 21.6. The summed E-state index contributed by atoms with van der Waals surface area (Å²) in [6, 6.07) is 8.90. The number of carbonyl (C=O) groups excluding carboxylic acids is 1. The zero-order valence-corrected chi connectivity index (χ0v) is 14.0. The van der Waals surface area contributed by atoms with Crippen molar-refractivity contribution < 1.29 is 24.5 Å². The van der Waals surface area contributed by atoms with Gasteiger partial charge in [-0.15, -0.1) is 0 Å². The topological polar surface area (TPSA) is 109 Å². The number of aliphatic carboxylic acids is 1. The molecule has 1 aromatic heterocycles. The van der Waals surface area contributed by atoms with Crippen molar-refractivity contribution in [2.45, 2.75) is 18.8 Å². The minimum absolute atomic E-state index is 0.00640. The lowest BCUT2D eigenvalue weighted by Crippen LogP contribution is -2.45. The van der Waals surface area contributed by atoms with Gasteiger partial charge in [-0.2, -0.15) is 0 Å². The molecule has 1 heterocycles. The fourth-order valence-corrected chi connectivity index (χ4v) is 2.33. The molecule has 2 atom stereocenters. The van der Waals surface area contributed by atoms with E-state index < -0.39 is 24.2 Å². The fraction of sp³-hybridized carbons (Fsp3) is 0.188. The van der Waals surface area contributed by atoms with Crippen LogP contribution in [-0.2, 0) is 16.1 Å². The minimum Gasteiger partial charge on any atom is -0.480 e. The number of nitrogens with one attached hydrogen (secondary N) is 1. The van der Waals surface area contributed by atoms with Gasteiger partial charge in [-0.1, -0.05) is 30.3 Å². The molecule has 1 amide bonds. The number of carbonyl (C=O) groups is 2. The number of benzene rings is 1. The molecule has 24 heavy (non-hydrogen) atoms. The van der Waals surface area contributed by atoms with E-state index in [1.54, 1.807) is 24.3 Å². The number of rotatable bonds is 6. The Kier molecular flexibility index (Phi) is 6.28. The molecule has 0 aliphatic rings. The van der Waals surface area contributed by atoms with Crippen LogP contribution < -0.4 is 5.32 Å². The van der Waals surface area contributed by atoms with Crippen LogP contribution in [-0.4, -0.2) is 33.3 Å². The van der Waals surface area contributed by atoms with E-state index >= 15 is 0 Å². The van der Waals surface area contributed by atoms with E-state index in [4.69, 9.17) is 4.74 Å². The van der Waals surface area contributed by atoms with Gasteiger partial charge in [0.15, 0.2) is 6.04 Å². The lowest BCUT2D eigenvalue weighted by Gasteiger charge is -2.20. The average molecular weight is 395 g/mol. The number of aromatic nitrogens is 1. The van der Waals surface area contributed by atoms with Crippen molar-refractivity contribution in [1.82, 2.24) is 10.3 Å². The largest absolute Gasteiger partial charge is 0.480 e. The van der Waals surface area contributed by atoms with Gasteiger partial charge in [0.1, 0.15) is 12.7 Å². The van der Waals surface area contributed by atoms with Gasteiger partial charge in [-0.05, 0) is 27.6 Å². The van der Waals surface area contributed by atoms with E-state index in [0.717, 1.165) is 5.56 Å². The van der Waals surface area contributed by atoms with Gasteiger partial charge < -0.3 is 20.3 Å². The summed E-state index contributed by atoms with van der Waals surface area (Å²) in [6.07, 6.45) is 0.403. The Bertz CT molecular complexity index is 711. The highest BCUT2D eigenvalue weighted by molar-refractivity contribution is 9.10. The second-order valence-corrected chi connectivity index (χ2v) is 5.82. The quantitative estimate of drug-likeness (QED) is 0.693. The monoisotopic (exact) mass is 394 g/mol. The Hall–Kier alpha value is -2.45. The maximum Gasteiger partial charge on any atom is 0.408 e. The molecule has 8 heteroatoms. The van der Waals surface area contributed by atoms with Gasteiger partial charge in [0.2, 0.25) is 0 Å². The number of amides is 1. The minimum atomic E-state index is -1.57. The molecule has 0 aliphatic heterocycles. The van der Waals surface area contributed by atoms with Crippen molar-refractivity contribution >= 4 is 28.0 Å². The van der Waals surface area contributed by atoms with Crippen LogP contribution in [0.3, 0.4) is 0 Å². The molecular formula is C16H15BrN2O5. The predicted octanol–water partition coefficient (Wildman–Crippen LogP) is 2.26. The molecule has 0 fully saturated rings. The highest BCUT2D eigenvalue weighted by Gasteiger charge is 2.30. The summed E-state index contributed by atoms with van der Waals surface area (Å²) in [4.78, 5) is 27.0. The molecular weight excluding hydrogens is 380 g/mol. The van der Waals surface area contributed by atoms with Gasteiger partial charge in [-0.25, -0.2) is 9.59 Å². The first-order valence-electron chi connectivity index (χ1n) is 6.96. The van der Waals surface area contributed by atoms with E-state index in [1.807, 2.05) is 6.07 Å². The molecule has 0 saturated carbocycles. The third-order valence-electron chi connectivity index (χ3n) is 3.14. The summed E-state index contributed by atoms with van der Waals surface area (Å²) in [5.74, 6) is -1.39. The van der Waals surface area contributed by atoms with Crippen molar-refractivity contribution in [3.05, 3.63) is 64.4 Å². The summed E-state index contributed by atoms with van der Waals surface area (Å²) in [5.41, 5.74) is 1.01. The molecule has 0 bridgehead atoms. The molecule has 2 aromatic rings. The third kappa shape index (κ3) is 5.04. The number of ether oxygens (including phenoxy) is 1. The Labute approximate surface area is 146 Å². The average Bonchev–Trinajstić information content (AvgIpc) is 2.58. The Morgan fingerprint density at radius 1 is 1.25 bits per heavy atom. The smallest absolute Gasteiger partial charge is 0.408 e. The number of nitrogens with zero attached hydrogens (tertiary/aromatic N) is 1. The third-order valence-corrected chi connectivity index (χ3v) is 3.57. The maximum atomic E-state index is 11.8. The molecule has 3 N–H and O–H groups in total. The summed E-state index contributed by atoms with van der Waals surface area (Å²) in [7, 11) is 0. The molecule has 1 aromatic carbocycles. The molecule has 0 spiro atoms. The molecule has 0 aliphatic carbocycles. The lowest BCUT2D eigenvalue weighted by atomic mass is 10.0. The molecule has 0 unspecified atom stereocenters. The van der Waals surface area contributed by atoms with Gasteiger partial charge in [0.05, 0.1) is 0 Å². The summed E-state index contributed by atoms with van der Waals surface area (Å²) in [6.45, 7) is -0.00640. The van der Waals surface area contributed by atoms with Crippen molar-refractivity contribution in [2.75, 3.05) is 0 Å². The first kappa shape index (κ1) is 17.9. The Morgan fingerprint density at radius 2 is 1.96 bits per heavy atom. The van der Waals surface area contributed by atoms with E-state index in [2.05, 4.69) is 26.2 Å². The van der Waals surface area contributed by atoms with Crippen molar-refractivity contribution in [3.8, 4) is 0 Å².